The summed E-state index contributed by atoms with van der Waals surface area (Å²) in [5.41, 5.74) is 2.37. The molecule has 37 heavy (non-hydrogen) atoms. The predicted octanol–water partition coefficient (Wildman–Crippen LogP) is 4.72. The largest absolute Gasteiger partial charge is 0.503 e. The Morgan fingerprint density at radius 2 is 1.76 bits per heavy atom. The fourth-order valence-electron chi connectivity index (χ4n) is 4.04. The number of Topliss-reactive ketones (excluding diaryl/α,β-unsaturated/α-hetero) is 1. The number of aryl methyl sites for hydroxylation is 3. The second-order valence-electron chi connectivity index (χ2n) is 8.60. The summed E-state index contributed by atoms with van der Waals surface area (Å²) in [5.74, 6) is -2.49. The maximum absolute atomic E-state index is 13.7. The zero-order valence-corrected chi connectivity index (χ0v) is 22.7. The third-order valence-corrected chi connectivity index (χ3v) is 8.01. The number of esters is 1. The Morgan fingerprint density at radius 3 is 2.32 bits per heavy atom. The lowest BCUT2D eigenvalue weighted by Crippen LogP contribution is -2.31. The van der Waals surface area contributed by atoms with Crippen LogP contribution < -0.4 is 9.80 Å². The minimum absolute atomic E-state index is 0.0314. The lowest BCUT2D eigenvalue weighted by molar-refractivity contribution is -0.117. The van der Waals surface area contributed by atoms with Gasteiger partial charge in [-0.05, 0) is 38.5 Å². The van der Waals surface area contributed by atoms with E-state index in [4.69, 9.17) is 4.74 Å². The molecule has 0 bridgehead atoms. The summed E-state index contributed by atoms with van der Waals surface area (Å²) in [6.45, 7) is 8.71. The summed E-state index contributed by atoms with van der Waals surface area (Å²) < 4.78 is 5.15. The van der Waals surface area contributed by atoms with Gasteiger partial charge in [0.05, 0.1) is 32.9 Å². The van der Waals surface area contributed by atoms with Crippen LogP contribution in [0.1, 0.15) is 47.3 Å². The summed E-state index contributed by atoms with van der Waals surface area (Å²) in [4.78, 5) is 52.2. The van der Waals surface area contributed by atoms with Crippen molar-refractivity contribution < 1.29 is 24.2 Å². The molecule has 11 heteroatoms. The number of aliphatic hydroxyl groups excluding tert-OH is 1. The minimum Gasteiger partial charge on any atom is -0.503 e. The van der Waals surface area contributed by atoms with Crippen molar-refractivity contribution in [2.24, 2.45) is 0 Å². The Labute approximate surface area is 222 Å². The number of amides is 1. The SMILES string of the molecule is C=CCOC(=O)c1sc(N2C(=O)C(O)=C(C(=O)c3sc(C)nc3C)C2c2ccc(N(C)C)cc2)nc1C. The molecule has 0 aliphatic carbocycles. The number of hydrogen-bond acceptors (Lipinski definition) is 10. The molecule has 1 N–H and O–H groups in total. The molecule has 3 aromatic rings. The fraction of sp³-hybridized carbons (Fsp3) is 0.269. The molecule has 0 saturated carbocycles. The number of aromatic nitrogens is 2. The van der Waals surface area contributed by atoms with Crippen molar-refractivity contribution in [3.8, 4) is 0 Å². The van der Waals surface area contributed by atoms with E-state index in [2.05, 4.69) is 16.5 Å². The van der Waals surface area contributed by atoms with Gasteiger partial charge in [0.25, 0.3) is 5.91 Å². The molecule has 1 unspecified atom stereocenters. The second-order valence-corrected chi connectivity index (χ2v) is 10.8. The molecule has 2 aromatic heterocycles. The number of anilines is 2. The molecule has 0 fully saturated rings. The van der Waals surface area contributed by atoms with Crippen LogP contribution in [-0.2, 0) is 9.53 Å². The number of carbonyl (C=O) groups excluding carboxylic acids is 3. The number of ketones is 1. The summed E-state index contributed by atoms with van der Waals surface area (Å²) in [6.07, 6.45) is 1.45. The maximum Gasteiger partial charge on any atom is 0.350 e. The van der Waals surface area contributed by atoms with E-state index >= 15 is 0 Å². The van der Waals surface area contributed by atoms with Crippen LogP contribution in [0.5, 0.6) is 0 Å². The first-order valence-corrected chi connectivity index (χ1v) is 13.0. The standard InChI is InChI=1S/C26H26N4O5S2/c1-7-12-35-25(34)23-14(3)28-26(37-23)30-19(16-8-10-17(11-9-16)29(5)6)18(21(32)24(30)33)20(31)22-13(2)27-15(4)36-22/h7-11,19,32H,1,12H2,2-6H3. The van der Waals surface area contributed by atoms with Gasteiger partial charge in [0, 0.05) is 19.8 Å². The van der Waals surface area contributed by atoms with Gasteiger partial charge in [-0.2, -0.15) is 0 Å². The molecule has 1 aliphatic heterocycles. The number of hydrogen-bond donors (Lipinski definition) is 1. The number of aliphatic hydroxyl groups is 1. The highest BCUT2D eigenvalue weighted by molar-refractivity contribution is 7.17. The van der Waals surface area contributed by atoms with E-state index in [-0.39, 0.29) is 22.2 Å². The maximum atomic E-state index is 13.7. The number of benzene rings is 1. The highest BCUT2D eigenvalue weighted by atomic mass is 32.1. The van der Waals surface area contributed by atoms with E-state index in [1.165, 1.54) is 22.3 Å². The van der Waals surface area contributed by atoms with Crippen molar-refractivity contribution in [3.05, 3.63) is 80.0 Å². The van der Waals surface area contributed by atoms with E-state index in [0.29, 0.717) is 26.8 Å². The van der Waals surface area contributed by atoms with Crippen molar-refractivity contribution >= 4 is 51.2 Å². The lowest BCUT2D eigenvalue weighted by atomic mass is 9.95. The Balaban J connectivity index is 1.84. The van der Waals surface area contributed by atoms with Crippen LogP contribution in [0.2, 0.25) is 0 Å². The van der Waals surface area contributed by atoms with Gasteiger partial charge in [-0.3, -0.25) is 14.5 Å². The molecule has 0 radical (unpaired) electrons. The van der Waals surface area contributed by atoms with Crippen LogP contribution in [0.15, 0.2) is 48.3 Å². The van der Waals surface area contributed by atoms with Crippen LogP contribution in [0.3, 0.4) is 0 Å². The molecule has 1 amide bonds. The Kier molecular flexibility index (Phi) is 7.28. The van der Waals surface area contributed by atoms with E-state index in [0.717, 1.165) is 17.0 Å². The zero-order chi connectivity index (χ0) is 27.0. The van der Waals surface area contributed by atoms with Crippen LogP contribution in [0, 0.1) is 20.8 Å². The Bertz CT molecular complexity index is 1440. The number of ether oxygens (including phenoxy) is 1. The van der Waals surface area contributed by atoms with Gasteiger partial charge in [-0.15, -0.1) is 11.3 Å². The molecule has 1 aromatic carbocycles. The van der Waals surface area contributed by atoms with Gasteiger partial charge < -0.3 is 14.7 Å². The molecular weight excluding hydrogens is 512 g/mol. The van der Waals surface area contributed by atoms with Gasteiger partial charge in [0.1, 0.15) is 11.5 Å². The average molecular weight is 539 g/mol. The summed E-state index contributed by atoms with van der Waals surface area (Å²) in [5, 5.41) is 11.9. The molecular formula is C26H26N4O5S2. The van der Waals surface area contributed by atoms with Gasteiger partial charge in [0.2, 0.25) is 5.78 Å². The van der Waals surface area contributed by atoms with Gasteiger partial charge in [-0.1, -0.05) is 36.1 Å². The van der Waals surface area contributed by atoms with Crippen molar-refractivity contribution in [2.75, 3.05) is 30.5 Å². The minimum atomic E-state index is -0.958. The zero-order valence-electron chi connectivity index (χ0n) is 21.1. The topological polar surface area (TPSA) is 113 Å². The number of thiazole rings is 2. The normalized spacial score (nSPS) is 15.3. The van der Waals surface area contributed by atoms with E-state index in [9.17, 15) is 19.5 Å². The van der Waals surface area contributed by atoms with Crippen LogP contribution >= 0.6 is 22.7 Å². The first-order valence-electron chi connectivity index (χ1n) is 11.3. The van der Waals surface area contributed by atoms with Gasteiger partial charge in [-0.25, -0.2) is 14.8 Å². The Hall–Kier alpha value is -3.83. The van der Waals surface area contributed by atoms with Crippen molar-refractivity contribution in [3.63, 3.8) is 0 Å². The monoisotopic (exact) mass is 538 g/mol. The first-order chi connectivity index (χ1) is 17.5. The quantitative estimate of drug-likeness (QED) is 0.249. The highest BCUT2D eigenvalue weighted by Crippen LogP contribution is 2.44. The van der Waals surface area contributed by atoms with Crippen molar-refractivity contribution in [2.45, 2.75) is 26.8 Å². The highest BCUT2D eigenvalue weighted by Gasteiger charge is 2.46. The predicted molar refractivity (Wildman–Crippen MR) is 144 cm³/mol. The smallest absolute Gasteiger partial charge is 0.350 e. The molecule has 3 heterocycles. The van der Waals surface area contributed by atoms with E-state index in [1.807, 2.05) is 31.1 Å². The summed E-state index contributed by atoms with van der Waals surface area (Å²) >= 11 is 2.17. The van der Waals surface area contributed by atoms with Crippen LogP contribution in [-0.4, -0.2) is 53.4 Å². The van der Waals surface area contributed by atoms with E-state index < -0.39 is 29.5 Å². The van der Waals surface area contributed by atoms with Crippen molar-refractivity contribution in [1.29, 1.82) is 0 Å². The molecule has 0 saturated heterocycles. The van der Waals surface area contributed by atoms with E-state index in [1.54, 1.807) is 32.9 Å². The first kappa shape index (κ1) is 26.2. The molecule has 1 aliphatic rings. The molecule has 0 spiro atoms. The fourth-order valence-corrected chi connectivity index (χ4v) is 5.91. The molecule has 4 rings (SSSR count). The van der Waals surface area contributed by atoms with Crippen molar-refractivity contribution in [1.82, 2.24) is 9.97 Å². The molecule has 192 valence electrons. The second kappa shape index (κ2) is 10.3. The number of carbonyl (C=O) groups is 3. The third-order valence-electron chi connectivity index (χ3n) is 5.80. The third kappa shape index (κ3) is 4.79. The average Bonchev–Trinajstić information content (AvgIpc) is 3.49. The number of rotatable bonds is 8. The van der Waals surface area contributed by atoms with Gasteiger partial charge in [0.15, 0.2) is 10.9 Å². The molecule has 1 atom stereocenters. The molecule has 9 nitrogen and oxygen atoms in total. The summed E-state index contributed by atoms with van der Waals surface area (Å²) in [6, 6.07) is 6.37. The van der Waals surface area contributed by atoms with Gasteiger partial charge >= 0.3 is 5.97 Å². The van der Waals surface area contributed by atoms with Crippen LogP contribution in [0.25, 0.3) is 0 Å². The Morgan fingerprint density at radius 1 is 1.11 bits per heavy atom. The summed E-state index contributed by atoms with van der Waals surface area (Å²) in [7, 11) is 3.81. The van der Waals surface area contributed by atoms with Crippen LogP contribution in [0.4, 0.5) is 10.8 Å². The lowest BCUT2D eigenvalue weighted by Gasteiger charge is -2.25. The number of nitrogens with zero attached hydrogens (tertiary/aromatic N) is 4.